The number of halogens is 1. The van der Waals surface area contributed by atoms with Crippen LogP contribution in [0.1, 0.15) is 5.76 Å². The summed E-state index contributed by atoms with van der Waals surface area (Å²) in [7, 11) is 0. The second-order valence-electron chi connectivity index (χ2n) is 2.87. The molecule has 0 aliphatic rings. The highest BCUT2D eigenvalue weighted by Crippen LogP contribution is 2.24. The lowest BCUT2D eigenvalue weighted by Gasteiger charge is -1.97. The van der Waals surface area contributed by atoms with Gasteiger partial charge in [-0.05, 0) is 25.1 Å². The minimum Gasteiger partial charge on any atom is -0.460 e. The molecule has 0 aliphatic heterocycles. The van der Waals surface area contributed by atoms with Crippen LogP contribution in [0.3, 0.4) is 0 Å². The highest BCUT2D eigenvalue weighted by molar-refractivity contribution is 6.32. The van der Waals surface area contributed by atoms with Crippen molar-refractivity contribution in [3.8, 4) is 11.5 Å². The van der Waals surface area contributed by atoms with E-state index in [1.165, 1.54) is 0 Å². The van der Waals surface area contributed by atoms with Gasteiger partial charge in [0.1, 0.15) is 11.5 Å². The van der Waals surface area contributed by atoms with Gasteiger partial charge in [0.05, 0.1) is 5.02 Å². The van der Waals surface area contributed by atoms with Crippen LogP contribution in [-0.2, 0) is 0 Å². The lowest BCUT2D eigenvalue weighted by molar-refractivity contribution is 0.545. The fourth-order valence-electron chi connectivity index (χ4n) is 1.07. The molecule has 0 atom stereocenters. The zero-order valence-electron chi connectivity index (χ0n) is 7.49. The van der Waals surface area contributed by atoms with Crippen molar-refractivity contribution >= 4 is 17.4 Å². The molecule has 2 N–H and O–H groups in total. The number of furan rings is 1. The van der Waals surface area contributed by atoms with Crippen molar-refractivity contribution in [2.24, 2.45) is 0 Å². The second-order valence-corrected chi connectivity index (χ2v) is 3.28. The Morgan fingerprint density at radius 3 is 2.71 bits per heavy atom. The first-order chi connectivity index (χ1) is 6.66. The number of hydrogen-bond acceptors (Lipinski definition) is 4. The first-order valence-corrected chi connectivity index (χ1v) is 4.40. The van der Waals surface area contributed by atoms with Crippen LogP contribution < -0.4 is 5.73 Å². The molecular weight excluding hydrogens is 202 g/mol. The van der Waals surface area contributed by atoms with Gasteiger partial charge in [0.2, 0.25) is 0 Å². The fraction of sp³-hybridized carbons (Fsp3) is 0.111. The predicted molar refractivity (Wildman–Crippen MR) is 53.9 cm³/mol. The Bertz CT molecular complexity index is 467. The summed E-state index contributed by atoms with van der Waals surface area (Å²) in [5.74, 6) is 1.67. The molecule has 2 rings (SSSR count). The molecule has 0 saturated heterocycles. The molecule has 2 aromatic heterocycles. The maximum absolute atomic E-state index is 5.80. The summed E-state index contributed by atoms with van der Waals surface area (Å²) in [6, 6.07) is 5.29. The van der Waals surface area contributed by atoms with E-state index in [4.69, 9.17) is 21.8 Å². The van der Waals surface area contributed by atoms with E-state index in [2.05, 4.69) is 10.2 Å². The van der Waals surface area contributed by atoms with Crippen LogP contribution in [0.25, 0.3) is 11.5 Å². The lowest BCUT2D eigenvalue weighted by Crippen LogP contribution is -1.95. The third-order valence-electron chi connectivity index (χ3n) is 1.77. The summed E-state index contributed by atoms with van der Waals surface area (Å²) < 4.78 is 5.36. The number of nitrogens with two attached hydrogens (primary N) is 1. The smallest absolute Gasteiger partial charge is 0.164 e. The lowest BCUT2D eigenvalue weighted by atomic mass is 10.3. The van der Waals surface area contributed by atoms with Crippen molar-refractivity contribution < 1.29 is 4.42 Å². The number of aromatic nitrogens is 2. The van der Waals surface area contributed by atoms with Gasteiger partial charge >= 0.3 is 0 Å². The summed E-state index contributed by atoms with van der Waals surface area (Å²) in [4.78, 5) is 0. The molecule has 0 saturated carbocycles. The molecule has 0 bridgehead atoms. The maximum atomic E-state index is 5.80. The minimum absolute atomic E-state index is 0.221. The van der Waals surface area contributed by atoms with Gasteiger partial charge < -0.3 is 10.2 Å². The molecule has 14 heavy (non-hydrogen) atoms. The number of nitrogens with zero attached hydrogens (tertiary/aromatic N) is 2. The molecule has 4 nitrogen and oxygen atoms in total. The molecule has 0 fully saturated rings. The SMILES string of the molecule is Cc1ccc(-c2cc(Cl)c(N)nn2)o1. The summed E-state index contributed by atoms with van der Waals surface area (Å²) >= 11 is 5.80. The predicted octanol–water partition coefficient (Wildman–Crippen LogP) is 2.28. The minimum atomic E-state index is 0.221. The van der Waals surface area contributed by atoms with E-state index in [1.54, 1.807) is 6.07 Å². The van der Waals surface area contributed by atoms with Gasteiger partial charge in [0.25, 0.3) is 0 Å². The maximum Gasteiger partial charge on any atom is 0.164 e. The molecule has 0 aromatic carbocycles. The van der Waals surface area contributed by atoms with E-state index < -0.39 is 0 Å². The average molecular weight is 210 g/mol. The van der Waals surface area contributed by atoms with Crippen LogP contribution in [0.15, 0.2) is 22.6 Å². The van der Waals surface area contributed by atoms with Crippen molar-refractivity contribution in [2.45, 2.75) is 6.92 Å². The van der Waals surface area contributed by atoms with E-state index in [0.717, 1.165) is 5.76 Å². The largest absolute Gasteiger partial charge is 0.460 e. The average Bonchev–Trinajstić information content (AvgIpc) is 2.57. The van der Waals surface area contributed by atoms with E-state index in [9.17, 15) is 0 Å². The van der Waals surface area contributed by atoms with Gasteiger partial charge in [-0.1, -0.05) is 11.6 Å². The van der Waals surface area contributed by atoms with Crippen LogP contribution in [0.4, 0.5) is 5.82 Å². The monoisotopic (exact) mass is 209 g/mol. The van der Waals surface area contributed by atoms with Crippen molar-refractivity contribution in [2.75, 3.05) is 5.73 Å². The molecule has 0 amide bonds. The molecule has 2 heterocycles. The van der Waals surface area contributed by atoms with Crippen molar-refractivity contribution in [3.63, 3.8) is 0 Å². The Labute approximate surface area is 85.7 Å². The van der Waals surface area contributed by atoms with Crippen LogP contribution in [0.5, 0.6) is 0 Å². The summed E-state index contributed by atoms with van der Waals surface area (Å²) in [6.45, 7) is 1.86. The molecule has 0 unspecified atom stereocenters. The Morgan fingerprint density at radius 2 is 2.14 bits per heavy atom. The van der Waals surface area contributed by atoms with E-state index in [0.29, 0.717) is 16.5 Å². The van der Waals surface area contributed by atoms with E-state index >= 15 is 0 Å². The Morgan fingerprint density at radius 1 is 1.36 bits per heavy atom. The zero-order valence-corrected chi connectivity index (χ0v) is 8.25. The number of anilines is 1. The van der Waals surface area contributed by atoms with E-state index in [1.807, 2.05) is 19.1 Å². The summed E-state index contributed by atoms with van der Waals surface area (Å²) in [5.41, 5.74) is 6.02. The van der Waals surface area contributed by atoms with Gasteiger partial charge in [-0.2, -0.15) is 0 Å². The molecule has 0 aliphatic carbocycles. The van der Waals surface area contributed by atoms with E-state index in [-0.39, 0.29) is 5.82 Å². The summed E-state index contributed by atoms with van der Waals surface area (Å²) in [6.07, 6.45) is 0. The second kappa shape index (κ2) is 3.31. The molecule has 72 valence electrons. The highest BCUT2D eigenvalue weighted by Gasteiger charge is 2.07. The quantitative estimate of drug-likeness (QED) is 0.783. The van der Waals surface area contributed by atoms with Gasteiger partial charge in [0, 0.05) is 0 Å². The molecule has 5 heteroatoms. The standard InChI is InChI=1S/C9H8ClN3O/c1-5-2-3-8(14-5)7-4-6(10)9(11)13-12-7/h2-4H,1H3,(H2,11,13). The molecular formula is C9H8ClN3O. The van der Waals surface area contributed by atoms with Crippen molar-refractivity contribution in [1.29, 1.82) is 0 Å². The van der Waals surface area contributed by atoms with Gasteiger partial charge in [-0.15, -0.1) is 10.2 Å². The number of nitrogen functional groups attached to an aromatic ring is 1. The van der Waals surface area contributed by atoms with Crippen LogP contribution >= 0.6 is 11.6 Å². The Balaban J connectivity index is 2.47. The number of hydrogen-bond donors (Lipinski definition) is 1. The molecule has 2 aromatic rings. The number of aryl methyl sites for hydroxylation is 1. The van der Waals surface area contributed by atoms with Crippen LogP contribution in [0, 0.1) is 6.92 Å². The Hall–Kier alpha value is -1.55. The van der Waals surface area contributed by atoms with Gasteiger partial charge in [-0.25, -0.2) is 0 Å². The van der Waals surface area contributed by atoms with Crippen LogP contribution in [0.2, 0.25) is 5.02 Å². The molecule has 0 spiro atoms. The first-order valence-electron chi connectivity index (χ1n) is 4.02. The zero-order chi connectivity index (χ0) is 10.1. The Kier molecular flexibility index (Phi) is 2.13. The first kappa shape index (κ1) is 9.02. The topological polar surface area (TPSA) is 64.9 Å². The molecule has 0 radical (unpaired) electrons. The summed E-state index contributed by atoms with van der Waals surface area (Å²) in [5, 5.41) is 7.95. The normalized spacial score (nSPS) is 10.4. The van der Waals surface area contributed by atoms with Crippen molar-refractivity contribution in [3.05, 3.63) is 29.0 Å². The van der Waals surface area contributed by atoms with Gasteiger partial charge in [-0.3, -0.25) is 0 Å². The number of rotatable bonds is 1. The van der Waals surface area contributed by atoms with Crippen molar-refractivity contribution in [1.82, 2.24) is 10.2 Å². The highest BCUT2D eigenvalue weighted by atomic mass is 35.5. The fourth-order valence-corrected chi connectivity index (χ4v) is 1.21. The third kappa shape index (κ3) is 1.56. The van der Waals surface area contributed by atoms with Gasteiger partial charge in [0.15, 0.2) is 11.6 Å². The van der Waals surface area contributed by atoms with Crippen LogP contribution in [-0.4, -0.2) is 10.2 Å². The third-order valence-corrected chi connectivity index (χ3v) is 2.07.